The number of aromatic nitrogens is 3. The van der Waals surface area contributed by atoms with Gasteiger partial charge in [0.2, 0.25) is 0 Å². The molecule has 0 unspecified atom stereocenters. The zero-order valence-corrected chi connectivity index (χ0v) is 11.8. The lowest BCUT2D eigenvalue weighted by Crippen LogP contribution is -1.99. The molecule has 0 aliphatic rings. The Bertz CT molecular complexity index is 737. The zero-order chi connectivity index (χ0) is 13.2. The normalized spacial score (nSPS) is 10.6. The van der Waals surface area contributed by atoms with E-state index in [1.54, 1.807) is 12.5 Å². The predicted molar refractivity (Wildman–Crippen MR) is 79.5 cm³/mol. The maximum Gasteiger partial charge on any atom is 0.160 e. The highest BCUT2D eigenvalue weighted by molar-refractivity contribution is 9.10. The van der Waals surface area contributed by atoms with Gasteiger partial charge in [-0.2, -0.15) is 0 Å². The Hall–Kier alpha value is -2.01. The molecule has 0 saturated heterocycles. The van der Waals surface area contributed by atoms with Crippen molar-refractivity contribution in [2.24, 2.45) is 0 Å². The molecule has 0 fully saturated rings. The summed E-state index contributed by atoms with van der Waals surface area (Å²) in [4.78, 5) is 12.8. The minimum atomic E-state index is 0.715. The minimum absolute atomic E-state index is 0.715. The molecule has 0 amide bonds. The number of benzene rings is 1. The van der Waals surface area contributed by atoms with Crippen LogP contribution in [0.25, 0.3) is 11.0 Å². The van der Waals surface area contributed by atoms with E-state index < -0.39 is 0 Å². The number of halogens is 1. The fraction of sp³-hybridized carbons (Fsp3) is 0.0714. The van der Waals surface area contributed by atoms with Crippen molar-refractivity contribution >= 4 is 38.5 Å². The fourth-order valence-electron chi connectivity index (χ4n) is 1.86. The number of pyridine rings is 1. The number of hydrogen-bond acceptors (Lipinski definition) is 4. The van der Waals surface area contributed by atoms with Gasteiger partial charge < -0.3 is 5.32 Å². The van der Waals surface area contributed by atoms with Crippen LogP contribution in [0.5, 0.6) is 0 Å². The molecule has 2 heterocycles. The molecule has 0 atom stereocenters. The van der Waals surface area contributed by atoms with E-state index in [-0.39, 0.29) is 0 Å². The van der Waals surface area contributed by atoms with Crippen LogP contribution in [0.4, 0.5) is 11.5 Å². The number of nitrogens with one attached hydrogen (secondary N) is 1. The van der Waals surface area contributed by atoms with E-state index in [1.165, 1.54) is 0 Å². The lowest BCUT2D eigenvalue weighted by molar-refractivity contribution is 1.19. The number of nitrogens with zero attached hydrogens (tertiary/aromatic N) is 3. The summed E-state index contributed by atoms with van der Waals surface area (Å²) in [6.07, 6.45) is 3.28. The first kappa shape index (κ1) is 12.0. The second-order valence-corrected chi connectivity index (χ2v) is 4.99. The van der Waals surface area contributed by atoms with Gasteiger partial charge in [0.1, 0.15) is 11.8 Å². The van der Waals surface area contributed by atoms with Gasteiger partial charge in [-0.05, 0) is 36.8 Å². The molecule has 94 valence electrons. The summed E-state index contributed by atoms with van der Waals surface area (Å²) >= 11 is 3.52. The number of hydrogen-bond donors (Lipinski definition) is 1. The Morgan fingerprint density at radius 1 is 1.05 bits per heavy atom. The largest absolute Gasteiger partial charge is 0.338 e. The van der Waals surface area contributed by atoms with Crippen LogP contribution < -0.4 is 5.32 Å². The molecule has 3 aromatic rings. The molecule has 0 saturated carbocycles. The molecule has 1 aromatic carbocycles. The van der Waals surface area contributed by atoms with Gasteiger partial charge in [0.25, 0.3) is 0 Å². The maximum atomic E-state index is 4.33. The monoisotopic (exact) mass is 314 g/mol. The number of rotatable bonds is 2. The molecular weight excluding hydrogens is 304 g/mol. The number of fused-ring (bicyclic) bond motifs is 1. The molecule has 0 aliphatic heterocycles. The first-order valence-electron chi connectivity index (χ1n) is 5.83. The fourth-order valence-corrected chi connectivity index (χ4v) is 2.22. The van der Waals surface area contributed by atoms with Gasteiger partial charge in [0.15, 0.2) is 5.82 Å². The zero-order valence-electron chi connectivity index (χ0n) is 10.3. The third-order valence-corrected chi connectivity index (χ3v) is 3.77. The molecular formula is C14H11BrN4. The molecule has 0 spiro atoms. The summed E-state index contributed by atoms with van der Waals surface area (Å²) in [5.74, 6) is 0.715. The van der Waals surface area contributed by atoms with Crippen molar-refractivity contribution in [2.45, 2.75) is 6.92 Å². The molecule has 2 aromatic heterocycles. The van der Waals surface area contributed by atoms with Crippen LogP contribution in [-0.2, 0) is 0 Å². The average Bonchev–Trinajstić information content (AvgIpc) is 2.44. The van der Waals surface area contributed by atoms with Gasteiger partial charge in [-0.25, -0.2) is 9.97 Å². The molecule has 0 aliphatic carbocycles. The third-order valence-electron chi connectivity index (χ3n) is 2.92. The van der Waals surface area contributed by atoms with Crippen LogP contribution in [0.15, 0.2) is 47.3 Å². The quantitative estimate of drug-likeness (QED) is 0.780. The van der Waals surface area contributed by atoms with E-state index in [2.05, 4.69) is 36.2 Å². The van der Waals surface area contributed by atoms with Gasteiger partial charge in [0.05, 0.1) is 5.52 Å². The van der Waals surface area contributed by atoms with Crippen LogP contribution >= 0.6 is 15.9 Å². The summed E-state index contributed by atoms with van der Waals surface area (Å²) in [5.41, 5.74) is 3.72. The smallest absolute Gasteiger partial charge is 0.160 e. The maximum absolute atomic E-state index is 4.33. The summed E-state index contributed by atoms with van der Waals surface area (Å²) in [6.45, 7) is 2.04. The summed E-state index contributed by atoms with van der Waals surface area (Å²) in [7, 11) is 0. The van der Waals surface area contributed by atoms with Crippen LogP contribution in [0.2, 0.25) is 0 Å². The van der Waals surface area contributed by atoms with E-state index in [0.29, 0.717) is 5.82 Å². The van der Waals surface area contributed by atoms with Gasteiger partial charge >= 0.3 is 0 Å². The predicted octanol–water partition coefficient (Wildman–Crippen LogP) is 3.84. The van der Waals surface area contributed by atoms with Gasteiger partial charge in [-0.1, -0.05) is 22.0 Å². The van der Waals surface area contributed by atoms with E-state index in [9.17, 15) is 0 Å². The average molecular weight is 315 g/mol. The Morgan fingerprint density at radius 2 is 1.95 bits per heavy atom. The highest BCUT2D eigenvalue weighted by Crippen LogP contribution is 2.27. The molecule has 4 nitrogen and oxygen atoms in total. The van der Waals surface area contributed by atoms with E-state index >= 15 is 0 Å². The second kappa shape index (κ2) is 4.93. The van der Waals surface area contributed by atoms with Crippen LogP contribution in [-0.4, -0.2) is 15.0 Å². The Morgan fingerprint density at radius 3 is 2.84 bits per heavy atom. The Balaban J connectivity index is 2.09. The lowest BCUT2D eigenvalue weighted by Gasteiger charge is -2.11. The molecule has 3 rings (SSSR count). The van der Waals surface area contributed by atoms with Gasteiger partial charge in [0, 0.05) is 16.4 Å². The van der Waals surface area contributed by atoms with Crippen molar-refractivity contribution in [2.75, 3.05) is 5.32 Å². The van der Waals surface area contributed by atoms with Crippen LogP contribution in [0, 0.1) is 6.92 Å². The van der Waals surface area contributed by atoms with Gasteiger partial charge in [-0.15, -0.1) is 0 Å². The second-order valence-electron chi connectivity index (χ2n) is 4.13. The minimum Gasteiger partial charge on any atom is -0.338 e. The summed E-state index contributed by atoms with van der Waals surface area (Å²) in [5, 5.41) is 3.31. The van der Waals surface area contributed by atoms with Crippen molar-refractivity contribution in [3.63, 3.8) is 0 Å². The highest BCUT2D eigenvalue weighted by atomic mass is 79.9. The summed E-state index contributed by atoms with van der Waals surface area (Å²) in [6, 6.07) is 9.79. The highest BCUT2D eigenvalue weighted by Gasteiger charge is 2.07. The first-order valence-corrected chi connectivity index (χ1v) is 6.63. The van der Waals surface area contributed by atoms with E-state index in [4.69, 9.17) is 0 Å². The number of anilines is 2. The molecule has 0 bridgehead atoms. The molecule has 5 heteroatoms. The van der Waals surface area contributed by atoms with Gasteiger partial charge in [-0.3, -0.25) is 4.98 Å². The molecule has 0 radical (unpaired) electrons. The van der Waals surface area contributed by atoms with Crippen LogP contribution in [0.1, 0.15) is 5.56 Å². The Kier molecular flexibility index (Phi) is 3.13. The van der Waals surface area contributed by atoms with Crippen molar-refractivity contribution in [3.8, 4) is 0 Å². The topological polar surface area (TPSA) is 50.7 Å². The summed E-state index contributed by atoms with van der Waals surface area (Å²) < 4.78 is 1.06. The molecule has 1 N–H and O–H groups in total. The lowest BCUT2D eigenvalue weighted by atomic mass is 10.2. The third kappa shape index (κ3) is 2.29. The van der Waals surface area contributed by atoms with Crippen molar-refractivity contribution in [1.29, 1.82) is 0 Å². The van der Waals surface area contributed by atoms with Crippen molar-refractivity contribution in [3.05, 3.63) is 52.9 Å². The van der Waals surface area contributed by atoms with Crippen molar-refractivity contribution < 1.29 is 0 Å². The van der Waals surface area contributed by atoms with Crippen molar-refractivity contribution in [1.82, 2.24) is 15.0 Å². The van der Waals surface area contributed by atoms with E-state index in [1.807, 2.05) is 37.3 Å². The Labute approximate surface area is 119 Å². The SMILES string of the molecule is Cc1c(Br)cccc1Nc1ncnc2cccnc12. The van der Waals surface area contributed by atoms with Crippen LogP contribution in [0.3, 0.4) is 0 Å². The van der Waals surface area contributed by atoms with E-state index in [0.717, 1.165) is 26.8 Å². The first-order chi connectivity index (χ1) is 9.25. The standard InChI is InChI=1S/C14H11BrN4/c1-9-10(15)4-2-5-11(9)19-14-13-12(17-8-18-14)6-3-7-16-13/h2-8H,1H3,(H,17,18,19). The molecule has 19 heavy (non-hydrogen) atoms.